The number of aromatic nitrogens is 2. The van der Waals surface area contributed by atoms with E-state index in [2.05, 4.69) is 22.2 Å². The first-order valence-electron chi connectivity index (χ1n) is 5.82. The Labute approximate surface area is 90.3 Å². The van der Waals surface area contributed by atoms with Crippen molar-refractivity contribution in [3.8, 4) is 0 Å². The van der Waals surface area contributed by atoms with Gasteiger partial charge in [-0.3, -0.25) is 0 Å². The lowest BCUT2D eigenvalue weighted by Crippen LogP contribution is -2.18. The molecule has 0 amide bonds. The first-order valence-corrected chi connectivity index (χ1v) is 5.82. The molecule has 0 unspecified atom stereocenters. The molecule has 1 aromatic rings. The van der Waals surface area contributed by atoms with Crippen molar-refractivity contribution in [3.05, 3.63) is 23.8 Å². The summed E-state index contributed by atoms with van der Waals surface area (Å²) in [6.45, 7) is 3.15. The van der Waals surface area contributed by atoms with Crippen LogP contribution in [0.3, 0.4) is 0 Å². The highest BCUT2D eigenvalue weighted by atomic mass is 15.0. The molecule has 2 aliphatic carbocycles. The molecule has 3 rings (SSSR count). The molecule has 0 saturated heterocycles. The van der Waals surface area contributed by atoms with Gasteiger partial charge in [-0.2, -0.15) is 0 Å². The minimum absolute atomic E-state index is 0.287. The Hall–Kier alpha value is -0.960. The third kappa shape index (κ3) is 2.02. The van der Waals surface area contributed by atoms with Gasteiger partial charge in [0, 0.05) is 24.2 Å². The van der Waals surface area contributed by atoms with Crippen molar-refractivity contribution in [1.29, 1.82) is 0 Å². The minimum Gasteiger partial charge on any atom is -0.308 e. The van der Waals surface area contributed by atoms with Crippen LogP contribution in [-0.2, 0) is 12.0 Å². The van der Waals surface area contributed by atoms with Gasteiger partial charge in [0.05, 0.1) is 5.69 Å². The Bertz CT molecular complexity index is 367. The summed E-state index contributed by atoms with van der Waals surface area (Å²) in [5, 5.41) is 3.48. The maximum Gasteiger partial charge on any atom is 0.134 e. The molecule has 2 aliphatic rings. The Balaban J connectivity index is 1.71. The van der Waals surface area contributed by atoms with Crippen LogP contribution < -0.4 is 5.32 Å². The predicted molar refractivity (Wildman–Crippen MR) is 58.5 cm³/mol. The Morgan fingerprint density at radius 2 is 2.27 bits per heavy atom. The molecule has 0 aliphatic heterocycles. The van der Waals surface area contributed by atoms with Crippen LogP contribution in [0, 0.1) is 0 Å². The van der Waals surface area contributed by atoms with Crippen LogP contribution in [0.2, 0.25) is 0 Å². The van der Waals surface area contributed by atoms with Gasteiger partial charge in [-0.05, 0) is 31.7 Å². The summed E-state index contributed by atoms with van der Waals surface area (Å²) in [6.07, 6.45) is 7.04. The highest BCUT2D eigenvalue weighted by molar-refractivity contribution is 5.17. The molecule has 2 saturated carbocycles. The first-order chi connectivity index (χ1) is 7.26. The summed E-state index contributed by atoms with van der Waals surface area (Å²) >= 11 is 0. The van der Waals surface area contributed by atoms with Crippen molar-refractivity contribution in [2.45, 2.75) is 50.6 Å². The molecule has 0 atom stereocenters. The largest absolute Gasteiger partial charge is 0.308 e. The average Bonchev–Trinajstić information content (AvgIpc) is 3.12. The molecule has 1 aromatic heterocycles. The molecule has 2 fully saturated rings. The van der Waals surface area contributed by atoms with Crippen LogP contribution >= 0.6 is 0 Å². The van der Waals surface area contributed by atoms with E-state index in [1.165, 1.54) is 25.7 Å². The fourth-order valence-electron chi connectivity index (χ4n) is 1.73. The smallest absolute Gasteiger partial charge is 0.134 e. The Morgan fingerprint density at radius 1 is 1.47 bits per heavy atom. The van der Waals surface area contributed by atoms with Gasteiger partial charge < -0.3 is 5.32 Å². The van der Waals surface area contributed by atoms with Crippen molar-refractivity contribution in [2.75, 3.05) is 0 Å². The summed E-state index contributed by atoms with van der Waals surface area (Å²) in [6, 6.07) is 2.77. The van der Waals surface area contributed by atoms with Crippen LogP contribution in [0.1, 0.15) is 44.1 Å². The fraction of sp³-hybridized carbons (Fsp3) is 0.667. The van der Waals surface area contributed by atoms with Gasteiger partial charge in [0.25, 0.3) is 0 Å². The van der Waals surface area contributed by atoms with Gasteiger partial charge in [-0.1, -0.05) is 6.92 Å². The van der Waals surface area contributed by atoms with E-state index >= 15 is 0 Å². The van der Waals surface area contributed by atoms with E-state index < -0.39 is 0 Å². The molecule has 1 N–H and O–H groups in total. The third-order valence-corrected chi connectivity index (χ3v) is 3.40. The van der Waals surface area contributed by atoms with E-state index in [4.69, 9.17) is 0 Å². The highest BCUT2D eigenvalue weighted by Gasteiger charge is 2.41. The topological polar surface area (TPSA) is 37.8 Å². The predicted octanol–water partition coefficient (Wildman–Crippen LogP) is 1.78. The Morgan fingerprint density at radius 3 is 2.93 bits per heavy atom. The van der Waals surface area contributed by atoms with Crippen LogP contribution in [0.25, 0.3) is 0 Å². The third-order valence-electron chi connectivity index (χ3n) is 3.40. The number of rotatable bonds is 4. The molecule has 1 heterocycles. The average molecular weight is 203 g/mol. The molecule has 0 spiro atoms. The SMILES string of the molecule is CC1(c2nccc(CNC3CC3)n2)CC1. The summed E-state index contributed by atoms with van der Waals surface area (Å²) < 4.78 is 0. The molecule has 3 heteroatoms. The minimum atomic E-state index is 0.287. The second kappa shape index (κ2) is 3.27. The Kier molecular flexibility index (Phi) is 2.02. The second-order valence-electron chi connectivity index (χ2n) is 5.09. The van der Waals surface area contributed by atoms with Gasteiger partial charge in [-0.15, -0.1) is 0 Å². The van der Waals surface area contributed by atoms with Gasteiger partial charge in [-0.25, -0.2) is 9.97 Å². The van der Waals surface area contributed by atoms with Crippen molar-refractivity contribution >= 4 is 0 Å². The van der Waals surface area contributed by atoms with E-state index in [1.807, 2.05) is 12.3 Å². The van der Waals surface area contributed by atoms with Gasteiger partial charge >= 0.3 is 0 Å². The standard InChI is InChI=1S/C12H17N3/c1-12(5-6-12)11-13-7-4-10(15-11)8-14-9-2-3-9/h4,7,9,14H,2-3,5-6,8H2,1H3. The van der Waals surface area contributed by atoms with Crippen LogP contribution in [0.15, 0.2) is 12.3 Å². The zero-order valence-corrected chi connectivity index (χ0v) is 9.16. The first kappa shape index (κ1) is 9.28. The highest BCUT2D eigenvalue weighted by Crippen LogP contribution is 2.45. The van der Waals surface area contributed by atoms with Crippen LogP contribution in [0.4, 0.5) is 0 Å². The number of hydrogen-bond acceptors (Lipinski definition) is 3. The number of nitrogens with zero attached hydrogens (tertiary/aromatic N) is 2. The molecule has 0 radical (unpaired) electrons. The van der Waals surface area contributed by atoms with E-state index in [9.17, 15) is 0 Å². The zero-order valence-electron chi connectivity index (χ0n) is 9.16. The molecular weight excluding hydrogens is 186 g/mol. The van der Waals surface area contributed by atoms with Crippen molar-refractivity contribution in [3.63, 3.8) is 0 Å². The molecule has 80 valence electrons. The lowest BCUT2D eigenvalue weighted by Gasteiger charge is -2.08. The van der Waals surface area contributed by atoms with Gasteiger partial charge in [0.1, 0.15) is 5.82 Å². The van der Waals surface area contributed by atoms with E-state index in [0.29, 0.717) is 0 Å². The van der Waals surface area contributed by atoms with Crippen LogP contribution in [-0.4, -0.2) is 16.0 Å². The normalized spacial score (nSPS) is 22.7. The summed E-state index contributed by atoms with van der Waals surface area (Å²) in [4.78, 5) is 9.01. The van der Waals surface area contributed by atoms with Crippen molar-refractivity contribution < 1.29 is 0 Å². The summed E-state index contributed by atoms with van der Waals surface area (Å²) in [5.41, 5.74) is 1.43. The zero-order chi connectivity index (χ0) is 10.3. The van der Waals surface area contributed by atoms with Gasteiger partial charge in [0.15, 0.2) is 0 Å². The molecular formula is C12H17N3. The number of nitrogens with one attached hydrogen (secondary N) is 1. The molecule has 15 heavy (non-hydrogen) atoms. The summed E-state index contributed by atoms with van der Waals surface area (Å²) in [5.74, 6) is 1.04. The van der Waals surface area contributed by atoms with Crippen molar-refractivity contribution in [1.82, 2.24) is 15.3 Å². The monoisotopic (exact) mass is 203 g/mol. The maximum absolute atomic E-state index is 4.63. The quantitative estimate of drug-likeness (QED) is 0.810. The lowest BCUT2D eigenvalue weighted by atomic mass is 10.1. The number of hydrogen-bond donors (Lipinski definition) is 1. The maximum atomic E-state index is 4.63. The van der Waals surface area contributed by atoms with Gasteiger partial charge in [0.2, 0.25) is 0 Å². The van der Waals surface area contributed by atoms with E-state index in [1.54, 1.807) is 0 Å². The molecule has 0 bridgehead atoms. The lowest BCUT2D eigenvalue weighted by molar-refractivity contribution is 0.647. The summed E-state index contributed by atoms with van der Waals surface area (Å²) in [7, 11) is 0. The van der Waals surface area contributed by atoms with E-state index in [-0.39, 0.29) is 5.41 Å². The molecule has 0 aromatic carbocycles. The molecule has 3 nitrogen and oxygen atoms in total. The fourth-order valence-corrected chi connectivity index (χ4v) is 1.73. The second-order valence-corrected chi connectivity index (χ2v) is 5.09. The van der Waals surface area contributed by atoms with Crippen molar-refractivity contribution in [2.24, 2.45) is 0 Å². The van der Waals surface area contributed by atoms with Crippen LogP contribution in [0.5, 0.6) is 0 Å². The van der Waals surface area contributed by atoms with E-state index in [0.717, 1.165) is 24.1 Å².